The molecule has 4 heteroatoms. The molecule has 0 fully saturated rings. The molecule has 1 rings (SSSR count). The zero-order valence-electron chi connectivity index (χ0n) is 8.34. The van der Waals surface area contributed by atoms with Gasteiger partial charge in [0, 0.05) is 21.7 Å². The second kappa shape index (κ2) is 6.22. The van der Waals surface area contributed by atoms with E-state index in [0.29, 0.717) is 15.6 Å². The number of carbonyl (C=O) groups excluding carboxylic acids is 1. The van der Waals surface area contributed by atoms with Crippen LogP contribution in [0.25, 0.3) is 6.08 Å². The Morgan fingerprint density at radius 3 is 2.62 bits per heavy atom. The van der Waals surface area contributed by atoms with Crippen molar-refractivity contribution in [1.82, 2.24) is 5.32 Å². The molecule has 0 spiro atoms. The smallest absolute Gasteiger partial charge is 0.244 e. The molecule has 1 N–H and O–H groups in total. The molecule has 1 aromatic rings. The van der Waals surface area contributed by atoms with E-state index in [1.807, 2.05) is 0 Å². The van der Waals surface area contributed by atoms with Crippen LogP contribution in [0.3, 0.4) is 0 Å². The SMILES string of the molecule is C#CCNC(=O)/C=C/c1c(Cl)cccc1Cl. The highest BCUT2D eigenvalue weighted by Crippen LogP contribution is 2.25. The summed E-state index contributed by atoms with van der Waals surface area (Å²) in [5, 5.41) is 3.48. The summed E-state index contributed by atoms with van der Waals surface area (Å²) in [5.74, 6) is 2.02. The summed E-state index contributed by atoms with van der Waals surface area (Å²) in [5.41, 5.74) is 0.613. The van der Waals surface area contributed by atoms with Gasteiger partial charge in [0.25, 0.3) is 0 Å². The van der Waals surface area contributed by atoms with Crippen molar-refractivity contribution in [1.29, 1.82) is 0 Å². The van der Waals surface area contributed by atoms with Crippen LogP contribution in [0.4, 0.5) is 0 Å². The molecule has 0 aromatic heterocycles. The fraction of sp³-hybridized carbons (Fsp3) is 0.0833. The van der Waals surface area contributed by atoms with Crippen molar-refractivity contribution in [2.45, 2.75) is 0 Å². The molecule has 82 valence electrons. The third kappa shape index (κ3) is 3.62. The highest BCUT2D eigenvalue weighted by molar-refractivity contribution is 6.37. The van der Waals surface area contributed by atoms with Crippen LogP contribution in [0, 0.1) is 12.3 Å². The Morgan fingerprint density at radius 1 is 1.44 bits per heavy atom. The molecule has 0 atom stereocenters. The van der Waals surface area contributed by atoms with E-state index in [0.717, 1.165) is 0 Å². The largest absolute Gasteiger partial charge is 0.342 e. The normalized spacial score (nSPS) is 10.1. The van der Waals surface area contributed by atoms with Crippen molar-refractivity contribution >= 4 is 35.2 Å². The lowest BCUT2D eigenvalue weighted by Crippen LogP contribution is -2.20. The molecule has 2 nitrogen and oxygen atoms in total. The maximum atomic E-state index is 11.2. The van der Waals surface area contributed by atoms with Gasteiger partial charge in [0.15, 0.2) is 0 Å². The first-order valence-electron chi connectivity index (χ1n) is 4.48. The quantitative estimate of drug-likeness (QED) is 0.652. The number of hydrogen-bond acceptors (Lipinski definition) is 1. The molecular formula is C12H9Cl2NO. The Kier molecular flexibility index (Phi) is 4.91. The Bertz CT molecular complexity index is 440. The molecule has 0 unspecified atom stereocenters. The molecule has 16 heavy (non-hydrogen) atoms. The zero-order chi connectivity index (χ0) is 12.0. The summed E-state index contributed by atoms with van der Waals surface area (Å²) in [7, 11) is 0. The average Bonchev–Trinajstić information content (AvgIpc) is 2.25. The van der Waals surface area contributed by atoms with Crippen molar-refractivity contribution in [3.8, 4) is 12.3 Å². The first-order valence-corrected chi connectivity index (χ1v) is 5.24. The van der Waals surface area contributed by atoms with E-state index in [4.69, 9.17) is 29.6 Å². The predicted octanol–water partition coefficient (Wildman–Crippen LogP) is 2.76. The van der Waals surface area contributed by atoms with E-state index in [1.54, 1.807) is 24.3 Å². The zero-order valence-corrected chi connectivity index (χ0v) is 9.85. The lowest BCUT2D eigenvalue weighted by Gasteiger charge is -2.00. The highest BCUT2D eigenvalue weighted by atomic mass is 35.5. The molecule has 0 saturated carbocycles. The fourth-order valence-corrected chi connectivity index (χ4v) is 1.55. The van der Waals surface area contributed by atoms with Crippen molar-refractivity contribution in [2.75, 3.05) is 6.54 Å². The number of rotatable bonds is 3. The Balaban J connectivity index is 2.77. The summed E-state index contributed by atoms with van der Waals surface area (Å²) in [6.45, 7) is 0.194. The fourth-order valence-electron chi connectivity index (χ4n) is 1.03. The van der Waals surface area contributed by atoms with Crippen LogP contribution in [-0.2, 0) is 4.79 Å². The van der Waals surface area contributed by atoms with Crippen molar-refractivity contribution in [3.05, 3.63) is 39.9 Å². The molecular weight excluding hydrogens is 245 g/mol. The van der Waals surface area contributed by atoms with Crippen molar-refractivity contribution < 1.29 is 4.79 Å². The summed E-state index contributed by atoms with van der Waals surface area (Å²) in [6, 6.07) is 5.14. The third-order valence-electron chi connectivity index (χ3n) is 1.77. The minimum atomic E-state index is -0.283. The summed E-state index contributed by atoms with van der Waals surface area (Å²) in [4.78, 5) is 11.2. The Labute approximate surface area is 104 Å². The summed E-state index contributed by atoms with van der Waals surface area (Å²) < 4.78 is 0. The minimum absolute atomic E-state index is 0.194. The molecule has 0 bridgehead atoms. The Morgan fingerprint density at radius 2 is 2.06 bits per heavy atom. The number of terminal acetylenes is 1. The van der Waals surface area contributed by atoms with Gasteiger partial charge in [0.1, 0.15) is 0 Å². The number of amides is 1. The molecule has 1 aromatic carbocycles. The lowest BCUT2D eigenvalue weighted by molar-refractivity contribution is -0.116. The van der Waals surface area contributed by atoms with E-state index in [-0.39, 0.29) is 12.5 Å². The van der Waals surface area contributed by atoms with Gasteiger partial charge in [0.05, 0.1) is 6.54 Å². The standard InChI is InChI=1S/C12H9Cl2NO/c1-2-8-15-12(16)7-6-9-10(13)4-3-5-11(9)14/h1,3-7H,8H2,(H,15,16)/b7-6+. The molecule has 1 amide bonds. The predicted molar refractivity (Wildman–Crippen MR) is 67.3 cm³/mol. The molecule has 0 heterocycles. The van der Waals surface area contributed by atoms with Gasteiger partial charge < -0.3 is 5.32 Å². The first kappa shape index (κ1) is 12.6. The highest BCUT2D eigenvalue weighted by Gasteiger charge is 2.01. The van der Waals surface area contributed by atoms with E-state index < -0.39 is 0 Å². The summed E-state index contributed by atoms with van der Waals surface area (Å²) >= 11 is 11.8. The lowest BCUT2D eigenvalue weighted by atomic mass is 10.2. The first-order chi connectivity index (χ1) is 7.65. The van der Waals surface area contributed by atoms with Gasteiger partial charge in [0.2, 0.25) is 5.91 Å². The number of carbonyl (C=O) groups is 1. The number of halogens is 2. The van der Waals surface area contributed by atoms with E-state index in [2.05, 4.69) is 11.2 Å². The van der Waals surface area contributed by atoms with Crippen LogP contribution in [-0.4, -0.2) is 12.5 Å². The molecule has 0 aliphatic carbocycles. The second-order valence-corrected chi connectivity index (χ2v) is 3.70. The van der Waals surface area contributed by atoms with Crippen molar-refractivity contribution in [3.63, 3.8) is 0 Å². The van der Waals surface area contributed by atoms with E-state index in [9.17, 15) is 4.79 Å². The summed E-state index contributed by atoms with van der Waals surface area (Å²) in [6.07, 6.45) is 7.89. The Hall–Kier alpha value is -1.43. The molecule has 0 radical (unpaired) electrons. The van der Waals surface area contributed by atoms with Crippen LogP contribution < -0.4 is 5.32 Å². The van der Waals surface area contributed by atoms with Crippen molar-refractivity contribution in [2.24, 2.45) is 0 Å². The third-order valence-corrected chi connectivity index (χ3v) is 2.42. The van der Waals surface area contributed by atoms with E-state index in [1.165, 1.54) is 6.08 Å². The van der Waals surface area contributed by atoms with Gasteiger partial charge in [-0.05, 0) is 18.2 Å². The van der Waals surface area contributed by atoms with Gasteiger partial charge >= 0.3 is 0 Å². The molecule has 0 saturated heterocycles. The molecule has 0 aliphatic heterocycles. The van der Waals surface area contributed by atoms with Crippen LogP contribution >= 0.6 is 23.2 Å². The maximum Gasteiger partial charge on any atom is 0.244 e. The second-order valence-electron chi connectivity index (χ2n) is 2.89. The topological polar surface area (TPSA) is 29.1 Å². The van der Waals surface area contributed by atoms with Gasteiger partial charge in [-0.25, -0.2) is 0 Å². The molecule has 0 aliphatic rings. The number of benzene rings is 1. The van der Waals surface area contributed by atoms with Gasteiger partial charge in [-0.1, -0.05) is 35.2 Å². The van der Waals surface area contributed by atoms with Crippen LogP contribution in [0.2, 0.25) is 10.0 Å². The van der Waals surface area contributed by atoms with Gasteiger partial charge in [-0.2, -0.15) is 0 Å². The monoisotopic (exact) mass is 253 g/mol. The van der Waals surface area contributed by atoms with Gasteiger partial charge in [-0.15, -0.1) is 6.42 Å². The van der Waals surface area contributed by atoms with Crippen LogP contribution in [0.5, 0.6) is 0 Å². The van der Waals surface area contributed by atoms with Crippen LogP contribution in [0.1, 0.15) is 5.56 Å². The number of hydrogen-bond donors (Lipinski definition) is 1. The average molecular weight is 254 g/mol. The number of nitrogens with one attached hydrogen (secondary N) is 1. The minimum Gasteiger partial charge on any atom is -0.342 e. The van der Waals surface area contributed by atoms with Gasteiger partial charge in [-0.3, -0.25) is 4.79 Å². The maximum absolute atomic E-state index is 11.2. The van der Waals surface area contributed by atoms with E-state index >= 15 is 0 Å². The van der Waals surface area contributed by atoms with Crippen LogP contribution in [0.15, 0.2) is 24.3 Å².